The number of aliphatic hydroxyl groups excluding tert-OH is 1. The monoisotopic (exact) mass is 414 g/mol. The van der Waals surface area contributed by atoms with Crippen molar-refractivity contribution in [1.82, 2.24) is 0 Å². The van der Waals surface area contributed by atoms with Crippen LogP contribution in [-0.2, 0) is 29.5 Å². The minimum atomic E-state index is -3.52. The molecule has 3 aromatic rings. The van der Waals surface area contributed by atoms with Crippen LogP contribution in [0, 0.1) is 6.92 Å². The van der Waals surface area contributed by atoms with Crippen molar-refractivity contribution >= 4 is 9.84 Å². The number of aryl methyl sites for hydroxylation is 2. The Bertz CT molecular complexity index is 1120. The Balaban J connectivity index is 1.74. The Morgan fingerprint density at radius 3 is 2.38 bits per heavy atom. The highest BCUT2D eigenvalue weighted by Gasteiger charge is 2.18. The lowest BCUT2D eigenvalue weighted by Crippen LogP contribution is -2.14. The molecule has 0 saturated carbocycles. The first-order valence-corrected chi connectivity index (χ1v) is 10.8. The fourth-order valence-electron chi connectivity index (χ4n) is 2.79. The van der Waals surface area contributed by atoms with Gasteiger partial charge in [-0.1, -0.05) is 48.0 Å². The molecule has 0 unspecified atom stereocenters. The highest BCUT2D eigenvalue weighted by molar-refractivity contribution is 7.91. The molecular formula is C22H22O6S. The predicted molar refractivity (Wildman–Crippen MR) is 109 cm³/mol. The van der Waals surface area contributed by atoms with E-state index in [9.17, 15) is 18.3 Å². The zero-order valence-corrected chi connectivity index (χ0v) is 16.8. The molecular weight excluding hydrogens is 392 g/mol. The first-order valence-electron chi connectivity index (χ1n) is 9.12. The van der Waals surface area contributed by atoms with Crippen molar-refractivity contribution in [3.63, 3.8) is 0 Å². The molecule has 0 fully saturated rings. The summed E-state index contributed by atoms with van der Waals surface area (Å²) in [5, 5.41) is 9.57. The van der Waals surface area contributed by atoms with Gasteiger partial charge in [-0.2, -0.15) is 0 Å². The summed E-state index contributed by atoms with van der Waals surface area (Å²) in [6.45, 7) is 1.50. The number of rotatable bonds is 8. The molecule has 1 heterocycles. The maximum Gasteiger partial charge on any atom is 0.227 e. The SMILES string of the molecule is Cc1ccc(S(=O)(=O)CCc2cc(=O)c(OCc3ccccc3)c(CO)o2)cc1. The maximum absolute atomic E-state index is 12.5. The fraction of sp³-hybridized carbons (Fsp3) is 0.227. The zero-order valence-electron chi connectivity index (χ0n) is 16.0. The number of benzene rings is 2. The van der Waals surface area contributed by atoms with Crippen molar-refractivity contribution < 1.29 is 22.7 Å². The van der Waals surface area contributed by atoms with Crippen LogP contribution in [0.15, 0.2) is 74.8 Å². The van der Waals surface area contributed by atoms with Crippen LogP contribution >= 0.6 is 0 Å². The van der Waals surface area contributed by atoms with E-state index in [1.807, 2.05) is 37.3 Å². The standard InChI is InChI=1S/C22H22O6S/c1-16-7-9-19(10-8-16)29(25,26)12-11-18-13-20(24)22(21(14-23)28-18)27-15-17-5-3-2-4-6-17/h2-10,13,23H,11-12,14-15H2,1H3. The second kappa shape index (κ2) is 9.07. The van der Waals surface area contributed by atoms with Crippen LogP contribution in [0.25, 0.3) is 0 Å². The van der Waals surface area contributed by atoms with Gasteiger partial charge in [-0.25, -0.2) is 8.42 Å². The average molecular weight is 414 g/mol. The van der Waals surface area contributed by atoms with Gasteiger partial charge < -0.3 is 14.3 Å². The van der Waals surface area contributed by atoms with Crippen molar-refractivity contribution in [1.29, 1.82) is 0 Å². The summed E-state index contributed by atoms with van der Waals surface area (Å²) in [5.74, 6) is -0.117. The van der Waals surface area contributed by atoms with Crippen LogP contribution in [0.3, 0.4) is 0 Å². The van der Waals surface area contributed by atoms with Crippen LogP contribution < -0.4 is 10.2 Å². The fourth-order valence-corrected chi connectivity index (χ4v) is 4.05. The van der Waals surface area contributed by atoms with Gasteiger partial charge in [0.25, 0.3) is 0 Å². The van der Waals surface area contributed by atoms with Crippen LogP contribution in [0.2, 0.25) is 0 Å². The summed E-state index contributed by atoms with van der Waals surface area (Å²) in [6.07, 6.45) is 0.0113. The van der Waals surface area contributed by atoms with Gasteiger partial charge in [-0.3, -0.25) is 4.79 Å². The first kappa shape index (κ1) is 20.8. The van der Waals surface area contributed by atoms with Crippen LogP contribution in [0.1, 0.15) is 22.6 Å². The van der Waals surface area contributed by atoms with Crippen molar-refractivity contribution in [2.24, 2.45) is 0 Å². The number of hydrogen-bond donors (Lipinski definition) is 1. The van der Waals surface area contributed by atoms with E-state index in [0.717, 1.165) is 11.1 Å². The third kappa shape index (κ3) is 5.34. The third-order valence-electron chi connectivity index (χ3n) is 4.39. The third-order valence-corrected chi connectivity index (χ3v) is 6.12. The van der Waals surface area contributed by atoms with E-state index in [-0.39, 0.29) is 40.9 Å². The summed E-state index contributed by atoms with van der Waals surface area (Å²) >= 11 is 0. The smallest absolute Gasteiger partial charge is 0.227 e. The molecule has 0 amide bonds. The minimum Gasteiger partial charge on any atom is -0.482 e. The quantitative estimate of drug-likeness (QED) is 0.609. The molecule has 0 spiro atoms. The van der Waals surface area contributed by atoms with Crippen molar-refractivity contribution in [2.75, 3.05) is 5.75 Å². The summed E-state index contributed by atoms with van der Waals surface area (Å²) in [4.78, 5) is 12.6. The Morgan fingerprint density at radius 1 is 1.03 bits per heavy atom. The minimum absolute atomic E-state index is 0.0113. The van der Waals surface area contributed by atoms with Crippen LogP contribution in [0.5, 0.6) is 5.75 Å². The molecule has 0 radical (unpaired) electrons. The molecule has 0 aliphatic heterocycles. The van der Waals surface area contributed by atoms with E-state index < -0.39 is 21.9 Å². The van der Waals surface area contributed by atoms with E-state index in [0.29, 0.717) is 0 Å². The second-order valence-corrected chi connectivity index (χ2v) is 8.75. The van der Waals surface area contributed by atoms with Gasteiger partial charge in [-0.05, 0) is 24.6 Å². The lowest BCUT2D eigenvalue weighted by atomic mass is 10.2. The Labute approximate surface area is 169 Å². The van der Waals surface area contributed by atoms with Crippen molar-refractivity contribution in [3.8, 4) is 5.75 Å². The largest absolute Gasteiger partial charge is 0.482 e. The molecule has 1 aromatic heterocycles. The number of sulfone groups is 1. The molecule has 0 saturated heterocycles. The highest BCUT2D eigenvalue weighted by Crippen LogP contribution is 2.19. The number of hydrogen-bond acceptors (Lipinski definition) is 6. The number of ether oxygens (including phenoxy) is 1. The van der Waals surface area contributed by atoms with Crippen molar-refractivity contribution in [2.45, 2.75) is 31.5 Å². The molecule has 6 nitrogen and oxygen atoms in total. The van der Waals surface area contributed by atoms with E-state index in [2.05, 4.69) is 0 Å². The van der Waals surface area contributed by atoms with Gasteiger partial charge >= 0.3 is 0 Å². The predicted octanol–water partition coefficient (Wildman–Crippen LogP) is 3.04. The molecule has 2 aromatic carbocycles. The maximum atomic E-state index is 12.5. The van der Waals surface area contributed by atoms with Gasteiger partial charge in [0, 0.05) is 12.5 Å². The van der Waals surface area contributed by atoms with E-state index in [1.165, 1.54) is 6.07 Å². The summed E-state index contributed by atoms with van der Waals surface area (Å²) in [6, 6.07) is 17.1. The molecule has 7 heteroatoms. The molecule has 152 valence electrons. The molecule has 3 rings (SSSR count). The van der Waals surface area contributed by atoms with Gasteiger partial charge in [-0.15, -0.1) is 0 Å². The highest BCUT2D eigenvalue weighted by atomic mass is 32.2. The van der Waals surface area contributed by atoms with Gasteiger partial charge in [0.1, 0.15) is 19.0 Å². The lowest BCUT2D eigenvalue weighted by molar-refractivity contribution is 0.213. The molecule has 29 heavy (non-hydrogen) atoms. The molecule has 0 aliphatic rings. The first-order chi connectivity index (χ1) is 13.9. The lowest BCUT2D eigenvalue weighted by Gasteiger charge is -2.11. The van der Waals surface area contributed by atoms with E-state index in [4.69, 9.17) is 9.15 Å². The van der Waals surface area contributed by atoms with Crippen LogP contribution in [0.4, 0.5) is 0 Å². The van der Waals surface area contributed by atoms with E-state index >= 15 is 0 Å². The molecule has 1 N–H and O–H groups in total. The zero-order chi connectivity index (χ0) is 20.9. The normalized spacial score (nSPS) is 11.4. The average Bonchev–Trinajstić information content (AvgIpc) is 2.72. The molecule has 0 bridgehead atoms. The second-order valence-electron chi connectivity index (χ2n) is 6.64. The summed E-state index contributed by atoms with van der Waals surface area (Å²) in [7, 11) is -3.52. The van der Waals surface area contributed by atoms with Gasteiger partial charge in [0.05, 0.1) is 10.6 Å². The Kier molecular flexibility index (Phi) is 6.51. The van der Waals surface area contributed by atoms with E-state index in [1.54, 1.807) is 24.3 Å². The Morgan fingerprint density at radius 2 is 1.72 bits per heavy atom. The molecule has 0 atom stereocenters. The number of aliphatic hydroxyl groups is 1. The summed E-state index contributed by atoms with van der Waals surface area (Å²) in [5.41, 5.74) is 1.37. The molecule has 0 aliphatic carbocycles. The summed E-state index contributed by atoms with van der Waals surface area (Å²) < 4.78 is 36.1. The Hall–Kier alpha value is -2.90. The topological polar surface area (TPSA) is 93.8 Å². The van der Waals surface area contributed by atoms with Gasteiger partial charge in [0.2, 0.25) is 11.2 Å². The van der Waals surface area contributed by atoms with Crippen LogP contribution in [-0.4, -0.2) is 19.3 Å². The van der Waals surface area contributed by atoms with Crippen molar-refractivity contribution in [3.05, 3.63) is 93.5 Å². The van der Waals surface area contributed by atoms with Gasteiger partial charge in [0.15, 0.2) is 15.6 Å².